The van der Waals surface area contributed by atoms with Crippen molar-refractivity contribution in [2.24, 2.45) is 0 Å². The van der Waals surface area contributed by atoms with Crippen LogP contribution in [0.25, 0.3) is 0 Å². The van der Waals surface area contributed by atoms with E-state index in [2.05, 4.69) is 58.6 Å². The lowest BCUT2D eigenvalue weighted by Crippen LogP contribution is -2.28. The number of anilines is 2. The van der Waals surface area contributed by atoms with Crippen molar-refractivity contribution in [2.45, 2.75) is 62.7 Å². The van der Waals surface area contributed by atoms with Gasteiger partial charge in [0.05, 0.1) is 6.20 Å². The van der Waals surface area contributed by atoms with E-state index in [4.69, 9.17) is 11.6 Å². The minimum Gasteiger partial charge on any atom is -0.366 e. The second kappa shape index (κ2) is 8.06. The molecule has 2 aliphatic carbocycles. The maximum absolute atomic E-state index is 6.32. The molecule has 25 heavy (non-hydrogen) atoms. The van der Waals surface area contributed by atoms with Gasteiger partial charge in [-0.25, -0.2) is 4.98 Å². The van der Waals surface area contributed by atoms with E-state index in [1.807, 2.05) is 0 Å². The number of hydrogen-bond donors (Lipinski definition) is 2. The molecule has 4 unspecified atom stereocenters. The topological polar surface area (TPSA) is 56.3 Å². The molecule has 6 nitrogen and oxygen atoms in total. The van der Waals surface area contributed by atoms with Crippen molar-refractivity contribution in [3.05, 3.63) is 11.2 Å². The molecule has 2 fully saturated rings. The first kappa shape index (κ1) is 18.7. The quantitative estimate of drug-likeness (QED) is 0.807. The van der Waals surface area contributed by atoms with Crippen LogP contribution in [0.3, 0.4) is 0 Å². The van der Waals surface area contributed by atoms with Crippen LogP contribution in [0.4, 0.5) is 11.8 Å². The van der Waals surface area contributed by atoms with Gasteiger partial charge in [-0.15, -0.1) is 0 Å². The van der Waals surface area contributed by atoms with Crippen molar-refractivity contribution in [3.8, 4) is 0 Å². The summed E-state index contributed by atoms with van der Waals surface area (Å²) in [6, 6.07) is 2.14. The molecule has 1 aromatic rings. The fourth-order valence-corrected chi connectivity index (χ4v) is 4.18. The van der Waals surface area contributed by atoms with Gasteiger partial charge in [0, 0.05) is 24.2 Å². The van der Waals surface area contributed by atoms with Crippen LogP contribution < -0.4 is 10.6 Å². The summed E-state index contributed by atoms with van der Waals surface area (Å²) in [4.78, 5) is 13.6. The Hall–Kier alpha value is -1.11. The van der Waals surface area contributed by atoms with E-state index in [0.29, 0.717) is 35.1 Å². The maximum Gasteiger partial charge on any atom is 0.224 e. The zero-order valence-corrected chi connectivity index (χ0v) is 16.6. The Balaban J connectivity index is 1.59. The minimum absolute atomic E-state index is 0.428. The number of aromatic nitrogens is 2. The highest BCUT2D eigenvalue weighted by Gasteiger charge is 2.28. The van der Waals surface area contributed by atoms with Gasteiger partial charge in [-0.3, -0.25) is 0 Å². The number of nitrogens with one attached hydrogen (secondary N) is 2. The summed E-state index contributed by atoms with van der Waals surface area (Å²) in [5.74, 6) is 1.43. The molecular weight excluding hydrogens is 336 g/mol. The van der Waals surface area contributed by atoms with Crippen LogP contribution in [0.5, 0.6) is 0 Å². The first-order chi connectivity index (χ1) is 11.9. The van der Waals surface area contributed by atoms with E-state index >= 15 is 0 Å². The molecule has 3 rings (SSSR count). The van der Waals surface area contributed by atoms with Gasteiger partial charge in [-0.05, 0) is 66.7 Å². The predicted octanol–water partition coefficient (Wildman–Crippen LogP) is 2.92. The van der Waals surface area contributed by atoms with E-state index in [9.17, 15) is 0 Å². The van der Waals surface area contributed by atoms with E-state index in [-0.39, 0.29) is 0 Å². The molecule has 2 aliphatic rings. The Morgan fingerprint density at radius 1 is 0.920 bits per heavy atom. The Bertz CT molecular complexity index is 579. The summed E-state index contributed by atoms with van der Waals surface area (Å²) in [6.45, 7) is 0. The van der Waals surface area contributed by atoms with Gasteiger partial charge in [0.25, 0.3) is 0 Å². The van der Waals surface area contributed by atoms with E-state index in [1.54, 1.807) is 6.20 Å². The third-order valence-corrected chi connectivity index (χ3v) is 5.97. The zero-order chi connectivity index (χ0) is 18.0. The Morgan fingerprint density at radius 2 is 1.48 bits per heavy atom. The molecule has 0 saturated heterocycles. The van der Waals surface area contributed by atoms with Crippen LogP contribution in [0, 0.1) is 0 Å². The molecule has 0 spiro atoms. The molecule has 2 saturated carbocycles. The Labute approximate surface area is 156 Å². The molecule has 4 atom stereocenters. The van der Waals surface area contributed by atoms with Crippen molar-refractivity contribution in [3.63, 3.8) is 0 Å². The average molecular weight is 367 g/mol. The summed E-state index contributed by atoms with van der Waals surface area (Å²) in [5.41, 5.74) is 0. The van der Waals surface area contributed by atoms with Crippen molar-refractivity contribution < 1.29 is 0 Å². The molecule has 0 bridgehead atoms. The maximum atomic E-state index is 6.32. The highest BCUT2D eigenvalue weighted by atomic mass is 35.5. The third kappa shape index (κ3) is 4.74. The fourth-order valence-electron chi connectivity index (χ4n) is 4.03. The lowest BCUT2D eigenvalue weighted by molar-refractivity contribution is 0.297. The lowest BCUT2D eigenvalue weighted by Gasteiger charge is -2.20. The highest BCUT2D eigenvalue weighted by Crippen LogP contribution is 2.29. The normalized spacial score (nSPS) is 29.6. The molecule has 0 radical (unpaired) electrons. The van der Waals surface area contributed by atoms with Gasteiger partial charge in [0.1, 0.15) is 5.02 Å². The number of hydrogen-bond acceptors (Lipinski definition) is 6. The molecular formula is C18H31ClN6. The standard InChI is InChI=1S/C18H31ClN6/c1-24(2)14-7-5-12(9-14)21-17-16(19)11-20-18(23-17)22-13-6-8-15(10-13)25(3)4/h11-15H,5-10H2,1-4H3,(H2,20,21,22,23). The SMILES string of the molecule is CN(C)C1CCC(Nc2ncc(Cl)c(NC3CCC(N(C)C)C3)n2)C1. The smallest absolute Gasteiger partial charge is 0.224 e. The highest BCUT2D eigenvalue weighted by molar-refractivity contribution is 6.32. The molecule has 1 aromatic heterocycles. The van der Waals surface area contributed by atoms with Crippen LogP contribution in [0.2, 0.25) is 5.02 Å². The van der Waals surface area contributed by atoms with Crippen LogP contribution in [0.15, 0.2) is 6.20 Å². The largest absolute Gasteiger partial charge is 0.366 e. The summed E-state index contributed by atoms with van der Waals surface area (Å²) < 4.78 is 0. The number of halogens is 1. The second-order valence-electron chi connectivity index (χ2n) is 7.93. The lowest BCUT2D eigenvalue weighted by atomic mass is 10.2. The molecule has 0 aromatic carbocycles. The average Bonchev–Trinajstić information content (AvgIpc) is 3.20. The Kier molecular flexibility index (Phi) is 6.02. The molecule has 7 heteroatoms. The van der Waals surface area contributed by atoms with Crippen LogP contribution in [-0.4, -0.2) is 72.1 Å². The monoisotopic (exact) mass is 366 g/mol. The molecule has 140 valence electrons. The van der Waals surface area contributed by atoms with Gasteiger partial charge >= 0.3 is 0 Å². The minimum atomic E-state index is 0.428. The van der Waals surface area contributed by atoms with Crippen LogP contribution in [-0.2, 0) is 0 Å². The van der Waals surface area contributed by atoms with Crippen molar-refractivity contribution >= 4 is 23.4 Å². The van der Waals surface area contributed by atoms with Gasteiger partial charge in [-0.2, -0.15) is 4.98 Å². The third-order valence-electron chi connectivity index (χ3n) is 5.69. The molecule has 2 N–H and O–H groups in total. The summed E-state index contributed by atoms with van der Waals surface area (Å²) in [5, 5.41) is 7.61. The molecule has 0 aliphatic heterocycles. The fraction of sp³-hybridized carbons (Fsp3) is 0.778. The zero-order valence-electron chi connectivity index (χ0n) is 15.8. The summed E-state index contributed by atoms with van der Waals surface area (Å²) in [7, 11) is 8.59. The van der Waals surface area contributed by atoms with Crippen molar-refractivity contribution in [1.29, 1.82) is 0 Å². The van der Waals surface area contributed by atoms with Crippen LogP contribution in [0.1, 0.15) is 38.5 Å². The molecule has 1 heterocycles. The summed E-state index contributed by atoms with van der Waals surface area (Å²) >= 11 is 6.32. The van der Waals surface area contributed by atoms with Gasteiger partial charge in [0.15, 0.2) is 5.82 Å². The van der Waals surface area contributed by atoms with Gasteiger partial charge < -0.3 is 20.4 Å². The van der Waals surface area contributed by atoms with E-state index in [1.165, 1.54) is 12.8 Å². The Morgan fingerprint density at radius 3 is 2.00 bits per heavy atom. The van der Waals surface area contributed by atoms with E-state index < -0.39 is 0 Å². The van der Waals surface area contributed by atoms with E-state index in [0.717, 1.165) is 31.5 Å². The molecule has 0 amide bonds. The summed E-state index contributed by atoms with van der Waals surface area (Å²) in [6.07, 6.45) is 8.71. The second-order valence-corrected chi connectivity index (χ2v) is 8.34. The van der Waals surface area contributed by atoms with Crippen LogP contribution >= 0.6 is 11.6 Å². The van der Waals surface area contributed by atoms with Gasteiger partial charge in [0.2, 0.25) is 5.95 Å². The number of rotatable bonds is 6. The van der Waals surface area contributed by atoms with Crippen molar-refractivity contribution in [2.75, 3.05) is 38.8 Å². The van der Waals surface area contributed by atoms with Crippen molar-refractivity contribution in [1.82, 2.24) is 19.8 Å². The number of nitrogens with zero attached hydrogens (tertiary/aromatic N) is 4. The first-order valence-electron chi connectivity index (χ1n) is 9.31. The van der Waals surface area contributed by atoms with Gasteiger partial charge in [-0.1, -0.05) is 11.6 Å². The predicted molar refractivity (Wildman–Crippen MR) is 105 cm³/mol. The first-order valence-corrected chi connectivity index (χ1v) is 9.68.